The molecular formula is C6H10CrN4O4. The van der Waals surface area contributed by atoms with Crippen LogP contribution in [0.1, 0.15) is 0 Å². The van der Waals surface area contributed by atoms with Gasteiger partial charge >= 0.3 is 29.5 Å². The molecule has 9 heteroatoms. The van der Waals surface area contributed by atoms with Crippen LogP contribution in [0.15, 0.2) is 36.9 Å². The minimum atomic E-state index is -5.75. The zero-order chi connectivity index (χ0) is 11.6. The standard InChI is InChI=1S/2C3H4N2.Cr.4O/c2*1-2-4-5-3-1;;;;;/h2*1-3H,(H,4,5);;;;;/q;;;;;2*-1/p+2. The van der Waals surface area contributed by atoms with E-state index in [0.717, 1.165) is 0 Å². The number of aromatic amines is 4. The normalized spacial score (nSPS) is 9.20. The summed E-state index contributed by atoms with van der Waals surface area (Å²) < 4.78 is 34.4. The maximum Gasteiger partial charge on any atom is 0.192 e. The summed E-state index contributed by atoms with van der Waals surface area (Å²) in [5.74, 6) is 0. The van der Waals surface area contributed by atoms with Gasteiger partial charge < -0.3 is 0 Å². The van der Waals surface area contributed by atoms with Crippen molar-refractivity contribution in [1.29, 1.82) is 0 Å². The summed E-state index contributed by atoms with van der Waals surface area (Å²) in [4.78, 5) is 0. The second-order valence-corrected chi connectivity index (χ2v) is 3.31. The largest absolute Gasteiger partial charge is 0.192 e. The van der Waals surface area contributed by atoms with Crippen LogP contribution in [0.4, 0.5) is 0 Å². The molecule has 0 saturated carbocycles. The molecule has 0 spiro atoms. The number of nitrogens with one attached hydrogen (secondary N) is 4. The van der Waals surface area contributed by atoms with E-state index in [-0.39, 0.29) is 0 Å². The van der Waals surface area contributed by atoms with E-state index in [1.54, 1.807) is 0 Å². The first-order chi connectivity index (χ1) is 7.00. The smallest absolute Gasteiger partial charge is 0.175 e. The predicted molar refractivity (Wildman–Crippen MR) is 36.1 cm³/mol. The molecule has 0 aliphatic heterocycles. The van der Waals surface area contributed by atoms with Gasteiger partial charge in [0.25, 0.3) is 0 Å². The molecule has 0 saturated heterocycles. The van der Waals surface area contributed by atoms with Crippen molar-refractivity contribution in [2.45, 2.75) is 0 Å². The monoisotopic (exact) mass is 254 g/mol. The molecule has 0 radical (unpaired) electrons. The molecule has 15 heavy (non-hydrogen) atoms. The van der Waals surface area contributed by atoms with Crippen molar-refractivity contribution in [1.82, 2.24) is 10.2 Å². The van der Waals surface area contributed by atoms with Crippen LogP contribution in [0.3, 0.4) is 0 Å². The van der Waals surface area contributed by atoms with E-state index in [1.807, 2.05) is 36.9 Å². The van der Waals surface area contributed by atoms with E-state index in [9.17, 15) is 0 Å². The van der Waals surface area contributed by atoms with E-state index in [4.69, 9.17) is 15.9 Å². The molecule has 2 aromatic rings. The molecular weight excluding hydrogens is 244 g/mol. The van der Waals surface area contributed by atoms with Crippen LogP contribution in [0.2, 0.25) is 0 Å². The molecule has 2 aromatic heterocycles. The molecule has 0 unspecified atom stereocenters. The van der Waals surface area contributed by atoms with Crippen molar-refractivity contribution >= 4 is 0 Å². The van der Waals surface area contributed by atoms with Gasteiger partial charge in [-0.1, -0.05) is 0 Å². The Labute approximate surface area is 87.4 Å². The molecule has 0 atom stereocenters. The summed E-state index contributed by atoms with van der Waals surface area (Å²) >= 11 is -5.75. The van der Waals surface area contributed by atoms with Gasteiger partial charge in [-0.15, -0.1) is 10.2 Å². The summed E-state index contributed by atoms with van der Waals surface area (Å²) in [7, 11) is 0. The van der Waals surface area contributed by atoms with Gasteiger partial charge in [0.2, 0.25) is 0 Å². The third-order valence-corrected chi connectivity index (χ3v) is 0.885. The molecule has 0 aliphatic rings. The Morgan fingerprint density at radius 1 is 0.933 bits per heavy atom. The molecule has 2 heterocycles. The van der Waals surface area contributed by atoms with E-state index in [0.29, 0.717) is 0 Å². The van der Waals surface area contributed by atoms with Crippen LogP contribution >= 0.6 is 0 Å². The van der Waals surface area contributed by atoms with Crippen molar-refractivity contribution in [3.63, 3.8) is 0 Å². The second-order valence-electron chi connectivity index (χ2n) is 2.04. The van der Waals surface area contributed by atoms with Gasteiger partial charge in [0.05, 0.1) is 12.4 Å². The average molecular weight is 254 g/mol. The molecule has 0 amide bonds. The van der Waals surface area contributed by atoms with E-state index in [1.165, 1.54) is 0 Å². The van der Waals surface area contributed by atoms with Crippen LogP contribution < -0.4 is 18.5 Å². The fourth-order valence-electron chi connectivity index (χ4n) is 0.481. The Bertz CT molecular complexity index is 328. The summed E-state index contributed by atoms with van der Waals surface area (Å²) in [6.07, 6.45) is 7.28. The summed E-state index contributed by atoms with van der Waals surface area (Å²) in [6, 6.07) is 3.78. The van der Waals surface area contributed by atoms with Gasteiger partial charge in [0.1, 0.15) is 0 Å². The van der Waals surface area contributed by atoms with E-state index in [2.05, 4.69) is 20.4 Å². The molecule has 2 rings (SSSR count). The van der Waals surface area contributed by atoms with Crippen LogP contribution in [-0.4, -0.2) is 10.2 Å². The Balaban J connectivity index is 0.000000196. The zero-order valence-electron chi connectivity index (χ0n) is 7.51. The van der Waals surface area contributed by atoms with Crippen molar-refractivity contribution in [2.24, 2.45) is 0 Å². The summed E-state index contributed by atoms with van der Waals surface area (Å²) in [5, 5.41) is 10.9. The van der Waals surface area contributed by atoms with Crippen molar-refractivity contribution in [3.05, 3.63) is 36.9 Å². The molecule has 0 bridgehead atoms. The van der Waals surface area contributed by atoms with E-state index >= 15 is 0 Å². The van der Waals surface area contributed by atoms with Crippen molar-refractivity contribution in [2.75, 3.05) is 0 Å². The SMILES string of the molecule is [O]=[Cr](=[O])([O-])[O-].c1c[nH][nH+]c1.c1c[nH][nH+]c1. The van der Waals surface area contributed by atoms with Crippen molar-refractivity contribution < 1.29 is 39.7 Å². The van der Waals surface area contributed by atoms with Crippen LogP contribution in [0.5, 0.6) is 0 Å². The Morgan fingerprint density at radius 2 is 1.27 bits per heavy atom. The van der Waals surface area contributed by atoms with Gasteiger partial charge in [-0.3, -0.25) is 0 Å². The van der Waals surface area contributed by atoms with Crippen LogP contribution in [0, 0.1) is 0 Å². The topological polar surface area (TPSA) is 140 Å². The molecule has 0 aliphatic carbocycles. The first-order valence-corrected chi connectivity index (χ1v) is 5.74. The second kappa shape index (κ2) is 7.84. The fourth-order valence-corrected chi connectivity index (χ4v) is 0.481. The Morgan fingerprint density at radius 3 is 1.33 bits per heavy atom. The predicted octanol–water partition coefficient (Wildman–Crippen LogP) is -2.96. The molecule has 84 valence electrons. The minimum Gasteiger partial charge on any atom is -0.175 e. The Kier molecular flexibility index (Phi) is 7.04. The zero-order valence-corrected chi connectivity index (χ0v) is 8.78. The quantitative estimate of drug-likeness (QED) is 0.518. The number of hydrogen-bond donors (Lipinski definition) is 2. The maximum atomic E-state index is 8.59. The summed E-state index contributed by atoms with van der Waals surface area (Å²) in [6.45, 7) is 0. The van der Waals surface area contributed by atoms with Crippen LogP contribution in [0.25, 0.3) is 0 Å². The molecule has 8 nitrogen and oxygen atoms in total. The van der Waals surface area contributed by atoms with Gasteiger partial charge in [-0.2, -0.15) is 10.2 Å². The molecule has 0 fully saturated rings. The number of hydrogen-bond acceptors (Lipinski definition) is 4. The number of rotatable bonds is 0. The van der Waals surface area contributed by atoms with Gasteiger partial charge in [0.15, 0.2) is 12.4 Å². The first kappa shape index (κ1) is 13.5. The van der Waals surface area contributed by atoms with Gasteiger partial charge in [0, 0.05) is 12.1 Å². The van der Waals surface area contributed by atoms with Crippen molar-refractivity contribution in [3.8, 4) is 0 Å². The maximum absolute atomic E-state index is 8.59. The number of aromatic nitrogens is 4. The fraction of sp³-hybridized carbons (Fsp3) is 0. The van der Waals surface area contributed by atoms with Crippen LogP contribution in [-0.2, 0) is 21.2 Å². The van der Waals surface area contributed by atoms with Gasteiger partial charge in [-0.05, 0) is 0 Å². The average Bonchev–Trinajstić information content (AvgIpc) is 2.81. The Hall–Kier alpha value is -1.53. The minimum absolute atomic E-state index is 1.82. The third kappa shape index (κ3) is 19.1. The first-order valence-electron chi connectivity index (χ1n) is 3.65. The number of H-pyrrole nitrogens is 4. The van der Waals surface area contributed by atoms with E-state index < -0.39 is 13.6 Å². The summed E-state index contributed by atoms with van der Waals surface area (Å²) in [5.41, 5.74) is 0. The molecule has 0 aromatic carbocycles. The molecule has 4 N–H and O–H groups in total. The third-order valence-electron chi connectivity index (χ3n) is 0.885. The van der Waals surface area contributed by atoms with Gasteiger partial charge in [-0.25, -0.2) is 0 Å².